The van der Waals surface area contributed by atoms with Crippen molar-refractivity contribution in [3.05, 3.63) is 52.5 Å². The Morgan fingerprint density at radius 1 is 1.07 bits per heavy atom. The van der Waals surface area contributed by atoms with E-state index < -0.39 is 11.8 Å². The van der Waals surface area contributed by atoms with Gasteiger partial charge in [0.25, 0.3) is 0 Å². The molecule has 8 heteroatoms. The number of carbonyl (C=O) groups excluding carboxylic acids is 2. The zero-order valence-electron chi connectivity index (χ0n) is 16.6. The number of amides is 2. The Kier molecular flexibility index (Phi) is 8.48. The van der Waals surface area contributed by atoms with Crippen molar-refractivity contribution in [3.63, 3.8) is 0 Å². The third-order valence-electron chi connectivity index (χ3n) is 3.76. The maximum atomic E-state index is 12.0. The van der Waals surface area contributed by atoms with Crippen molar-refractivity contribution in [2.24, 2.45) is 5.10 Å². The molecule has 2 rings (SSSR count). The van der Waals surface area contributed by atoms with E-state index in [1.165, 1.54) is 6.21 Å². The van der Waals surface area contributed by atoms with Gasteiger partial charge in [0, 0.05) is 10.7 Å². The van der Waals surface area contributed by atoms with Gasteiger partial charge in [-0.1, -0.05) is 24.6 Å². The molecular formula is C21H24ClN3O4. The van der Waals surface area contributed by atoms with Gasteiger partial charge in [-0.25, -0.2) is 5.43 Å². The summed E-state index contributed by atoms with van der Waals surface area (Å²) in [6.07, 6.45) is 2.31. The van der Waals surface area contributed by atoms with Crippen molar-refractivity contribution in [3.8, 4) is 11.5 Å². The van der Waals surface area contributed by atoms with E-state index in [2.05, 4.69) is 15.8 Å². The van der Waals surface area contributed by atoms with Crippen LogP contribution in [0.5, 0.6) is 11.5 Å². The lowest BCUT2D eigenvalue weighted by Gasteiger charge is -2.11. The Bertz CT molecular complexity index is 899. The number of nitrogens with one attached hydrogen (secondary N) is 2. The molecule has 0 radical (unpaired) electrons. The van der Waals surface area contributed by atoms with Crippen molar-refractivity contribution >= 4 is 35.3 Å². The lowest BCUT2D eigenvalue weighted by molar-refractivity contribution is -0.136. The SMILES string of the molecule is CCCOc1ccc(C=NNC(=O)C(=O)Nc2cc(Cl)ccc2C)cc1OCC. The van der Waals surface area contributed by atoms with E-state index in [-0.39, 0.29) is 0 Å². The lowest BCUT2D eigenvalue weighted by Crippen LogP contribution is -2.32. The number of hydrazone groups is 1. The first kappa shape index (κ1) is 22.2. The number of carbonyl (C=O) groups is 2. The summed E-state index contributed by atoms with van der Waals surface area (Å²) < 4.78 is 11.2. The predicted octanol–water partition coefficient (Wildman–Crippen LogP) is 3.92. The molecule has 0 aliphatic carbocycles. The molecule has 0 bridgehead atoms. The van der Waals surface area contributed by atoms with E-state index in [4.69, 9.17) is 21.1 Å². The van der Waals surface area contributed by atoms with Gasteiger partial charge in [0.1, 0.15) is 0 Å². The molecule has 0 unspecified atom stereocenters. The topological polar surface area (TPSA) is 89.0 Å². The van der Waals surface area contributed by atoms with Crippen LogP contribution in [0, 0.1) is 6.92 Å². The highest BCUT2D eigenvalue weighted by Gasteiger charge is 2.14. The van der Waals surface area contributed by atoms with E-state index in [9.17, 15) is 9.59 Å². The third-order valence-corrected chi connectivity index (χ3v) is 4.00. The van der Waals surface area contributed by atoms with Gasteiger partial charge in [-0.2, -0.15) is 5.10 Å². The van der Waals surface area contributed by atoms with Gasteiger partial charge in [0.2, 0.25) is 0 Å². The van der Waals surface area contributed by atoms with Crippen LogP contribution in [0.25, 0.3) is 0 Å². The molecule has 0 heterocycles. The van der Waals surface area contributed by atoms with Gasteiger partial charge in [0.05, 0.1) is 19.4 Å². The molecule has 29 heavy (non-hydrogen) atoms. The average Bonchev–Trinajstić information content (AvgIpc) is 2.70. The van der Waals surface area contributed by atoms with Crippen LogP contribution in [0.3, 0.4) is 0 Å². The number of nitrogens with zero attached hydrogens (tertiary/aromatic N) is 1. The number of hydrogen-bond acceptors (Lipinski definition) is 5. The highest BCUT2D eigenvalue weighted by atomic mass is 35.5. The largest absolute Gasteiger partial charge is 0.490 e. The number of hydrogen-bond donors (Lipinski definition) is 2. The second-order valence-electron chi connectivity index (χ2n) is 6.10. The van der Waals surface area contributed by atoms with Crippen molar-refractivity contribution in [1.82, 2.24) is 5.43 Å². The molecule has 0 aromatic heterocycles. The number of benzene rings is 2. The van der Waals surface area contributed by atoms with Crippen LogP contribution in [-0.2, 0) is 9.59 Å². The quantitative estimate of drug-likeness (QED) is 0.387. The number of ether oxygens (including phenoxy) is 2. The molecule has 0 aliphatic heterocycles. The molecule has 0 spiro atoms. The van der Waals surface area contributed by atoms with Crippen molar-refractivity contribution in [1.29, 1.82) is 0 Å². The summed E-state index contributed by atoms with van der Waals surface area (Å²) in [5, 5.41) is 6.80. The van der Waals surface area contributed by atoms with Crippen molar-refractivity contribution < 1.29 is 19.1 Å². The van der Waals surface area contributed by atoms with E-state index >= 15 is 0 Å². The smallest absolute Gasteiger partial charge is 0.329 e. The summed E-state index contributed by atoms with van der Waals surface area (Å²) in [5.74, 6) is -0.504. The van der Waals surface area contributed by atoms with Crippen molar-refractivity contribution in [2.75, 3.05) is 18.5 Å². The molecule has 2 aromatic rings. The summed E-state index contributed by atoms with van der Waals surface area (Å²) in [6.45, 7) is 6.78. The van der Waals surface area contributed by atoms with Gasteiger partial charge in [-0.15, -0.1) is 0 Å². The van der Waals surface area contributed by atoms with Gasteiger partial charge in [-0.05, 0) is 61.7 Å². The number of rotatable bonds is 8. The van der Waals surface area contributed by atoms with Crippen LogP contribution in [0.1, 0.15) is 31.4 Å². The molecular weight excluding hydrogens is 394 g/mol. The van der Waals surface area contributed by atoms with Crippen LogP contribution in [0.4, 0.5) is 5.69 Å². The summed E-state index contributed by atoms with van der Waals surface area (Å²) in [6, 6.07) is 10.3. The molecule has 0 aliphatic rings. The lowest BCUT2D eigenvalue weighted by atomic mass is 10.2. The van der Waals surface area contributed by atoms with E-state index in [0.717, 1.165) is 12.0 Å². The van der Waals surface area contributed by atoms with Gasteiger partial charge in [-0.3, -0.25) is 9.59 Å². The Morgan fingerprint density at radius 3 is 2.59 bits per heavy atom. The highest BCUT2D eigenvalue weighted by molar-refractivity contribution is 6.40. The Hall–Kier alpha value is -3.06. The summed E-state index contributed by atoms with van der Waals surface area (Å²) in [7, 11) is 0. The maximum absolute atomic E-state index is 12.0. The highest BCUT2D eigenvalue weighted by Crippen LogP contribution is 2.28. The molecule has 154 valence electrons. The maximum Gasteiger partial charge on any atom is 0.329 e. The molecule has 0 saturated carbocycles. The van der Waals surface area contributed by atoms with Crippen molar-refractivity contribution in [2.45, 2.75) is 27.2 Å². The summed E-state index contributed by atoms with van der Waals surface area (Å²) in [4.78, 5) is 24.0. The Labute approximate surface area is 175 Å². The first-order valence-corrected chi connectivity index (χ1v) is 9.62. The Morgan fingerprint density at radius 2 is 1.86 bits per heavy atom. The van der Waals surface area contributed by atoms with Crippen LogP contribution < -0.4 is 20.2 Å². The van der Waals surface area contributed by atoms with Crippen LogP contribution in [0.15, 0.2) is 41.5 Å². The number of halogens is 1. The molecule has 2 N–H and O–H groups in total. The van der Waals surface area contributed by atoms with Crippen LogP contribution in [0.2, 0.25) is 5.02 Å². The number of anilines is 1. The predicted molar refractivity (Wildman–Crippen MR) is 114 cm³/mol. The monoisotopic (exact) mass is 417 g/mol. The normalized spacial score (nSPS) is 10.6. The molecule has 0 atom stereocenters. The minimum atomic E-state index is -0.895. The minimum absolute atomic E-state index is 0.459. The molecule has 0 saturated heterocycles. The standard InChI is InChI=1S/C21H24ClN3O4/c1-4-10-29-18-9-7-15(11-19(18)28-5-2)13-23-25-21(27)20(26)24-17-12-16(22)8-6-14(17)3/h6-9,11-13H,4-5,10H2,1-3H3,(H,24,26)(H,25,27). The van der Waals surface area contributed by atoms with E-state index in [1.54, 1.807) is 43.3 Å². The first-order valence-electron chi connectivity index (χ1n) is 9.24. The van der Waals surface area contributed by atoms with Gasteiger partial charge >= 0.3 is 11.8 Å². The minimum Gasteiger partial charge on any atom is -0.490 e. The van der Waals surface area contributed by atoms with Crippen LogP contribution in [-0.4, -0.2) is 31.2 Å². The molecule has 2 amide bonds. The second-order valence-corrected chi connectivity index (χ2v) is 6.54. The summed E-state index contributed by atoms with van der Waals surface area (Å²) in [5.41, 5.74) is 4.13. The zero-order chi connectivity index (χ0) is 21.2. The fourth-order valence-corrected chi connectivity index (χ4v) is 2.50. The fourth-order valence-electron chi connectivity index (χ4n) is 2.33. The fraction of sp³-hybridized carbons (Fsp3) is 0.286. The first-order chi connectivity index (χ1) is 13.9. The van der Waals surface area contributed by atoms with Crippen LogP contribution >= 0.6 is 11.6 Å². The summed E-state index contributed by atoms with van der Waals surface area (Å²) >= 11 is 5.91. The molecule has 0 fully saturated rings. The molecule has 2 aromatic carbocycles. The zero-order valence-corrected chi connectivity index (χ0v) is 17.4. The molecule has 7 nitrogen and oxygen atoms in total. The number of aryl methyl sites for hydroxylation is 1. The van der Waals surface area contributed by atoms with Gasteiger partial charge < -0.3 is 14.8 Å². The van der Waals surface area contributed by atoms with E-state index in [1.807, 2.05) is 13.8 Å². The third kappa shape index (κ3) is 6.80. The van der Waals surface area contributed by atoms with E-state index in [0.29, 0.717) is 41.0 Å². The second kappa shape index (κ2) is 11.1. The average molecular weight is 418 g/mol. The van der Waals surface area contributed by atoms with Gasteiger partial charge in [0.15, 0.2) is 11.5 Å². The Balaban J connectivity index is 1.99.